The molecule has 0 saturated carbocycles. The van der Waals surface area contributed by atoms with Crippen molar-refractivity contribution in [3.05, 3.63) is 191 Å². The maximum atomic E-state index is 15.1. The molecule has 0 aromatic heterocycles. The fourth-order valence-electron chi connectivity index (χ4n) is 7.53. The molecule has 0 N–H and O–H groups in total. The second kappa shape index (κ2) is 14.7. The van der Waals surface area contributed by atoms with Gasteiger partial charge in [0.2, 0.25) is 0 Å². The molecule has 0 spiro atoms. The number of benzene rings is 6. The van der Waals surface area contributed by atoms with Crippen molar-refractivity contribution in [2.24, 2.45) is 0 Å². The standard InChI is InChI=1S/C49H36O5/c1-2-32-7-6-10-42(31-32)44-43(37-8-4-3-5-9-37)45(38-19-11-33(12-20-38)35-15-23-40(24-16-35)48-51-27-28-52-48)47(50)46(44)39-21-13-34(14-22-39)36-17-25-41(26-18-36)49-53-29-30-54-49/h1,3-26,31,48-49H,27-30H2. The second-order valence-corrected chi connectivity index (χ2v) is 13.5. The zero-order valence-electron chi connectivity index (χ0n) is 29.5. The molecule has 9 rings (SSSR count). The zero-order chi connectivity index (χ0) is 36.4. The molecule has 0 radical (unpaired) electrons. The normalized spacial score (nSPS) is 16.4. The quantitative estimate of drug-likeness (QED) is 0.148. The van der Waals surface area contributed by atoms with Gasteiger partial charge in [-0.3, -0.25) is 4.79 Å². The summed E-state index contributed by atoms with van der Waals surface area (Å²) in [5.74, 6) is 2.76. The Morgan fingerprint density at radius 1 is 0.407 bits per heavy atom. The molecular formula is C49H36O5. The summed E-state index contributed by atoms with van der Waals surface area (Å²) in [4.78, 5) is 15.1. The highest BCUT2D eigenvalue weighted by Gasteiger charge is 2.35. The third-order valence-electron chi connectivity index (χ3n) is 10.2. The van der Waals surface area contributed by atoms with Gasteiger partial charge in [-0.25, -0.2) is 0 Å². The predicted molar refractivity (Wildman–Crippen MR) is 212 cm³/mol. The van der Waals surface area contributed by atoms with Crippen molar-refractivity contribution in [3.63, 3.8) is 0 Å². The number of terminal acetylenes is 1. The van der Waals surface area contributed by atoms with Crippen LogP contribution < -0.4 is 0 Å². The molecule has 2 heterocycles. The summed E-state index contributed by atoms with van der Waals surface area (Å²) in [6.45, 7) is 2.42. The number of Topliss-reactive ketones (excluding diaryl/α,β-unsaturated/α-hetero) is 1. The summed E-state index contributed by atoms with van der Waals surface area (Å²) in [6.07, 6.45) is 5.27. The first-order chi connectivity index (χ1) is 26.6. The van der Waals surface area contributed by atoms with Gasteiger partial charge in [-0.2, -0.15) is 0 Å². The number of ketones is 1. The highest BCUT2D eigenvalue weighted by atomic mass is 16.7. The number of hydrogen-bond acceptors (Lipinski definition) is 5. The van der Waals surface area contributed by atoms with E-state index >= 15 is 4.79 Å². The molecule has 54 heavy (non-hydrogen) atoms. The van der Waals surface area contributed by atoms with E-state index < -0.39 is 0 Å². The van der Waals surface area contributed by atoms with E-state index in [9.17, 15) is 0 Å². The number of carbonyl (C=O) groups excluding carboxylic acids is 1. The van der Waals surface area contributed by atoms with Crippen molar-refractivity contribution in [2.45, 2.75) is 12.6 Å². The maximum Gasteiger partial charge on any atom is 0.195 e. The van der Waals surface area contributed by atoms with Crippen molar-refractivity contribution >= 4 is 28.1 Å². The van der Waals surface area contributed by atoms with Crippen LogP contribution in [-0.4, -0.2) is 32.2 Å². The van der Waals surface area contributed by atoms with E-state index in [2.05, 4.69) is 78.7 Å². The van der Waals surface area contributed by atoms with Gasteiger partial charge in [0.1, 0.15) is 0 Å². The fourth-order valence-corrected chi connectivity index (χ4v) is 7.53. The van der Waals surface area contributed by atoms with Gasteiger partial charge in [-0.05, 0) is 56.6 Å². The Morgan fingerprint density at radius 3 is 1.22 bits per heavy atom. The summed E-state index contributed by atoms with van der Waals surface area (Å²) in [5, 5.41) is 0. The minimum atomic E-state index is -0.316. The zero-order valence-corrected chi connectivity index (χ0v) is 29.5. The SMILES string of the molecule is C#Cc1cccc(C2=C(c3ccc(-c4ccc(C5OCCO5)cc4)cc3)C(=O)C(c3ccc(-c4ccc(C5OCCO5)cc4)cc3)=C2c2ccccc2)c1. The van der Waals surface area contributed by atoms with E-state index in [-0.39, 0.29) is 18.4 Å². The summed E-state index contributed by atoms with van der Waals surface area (Å²) in [7, 11) is 0. The minimum Gasteiger partial charge on any atom is -0.346 e. The van der Waals surface area contributed by atoms with Gasteiger partial charge < -0.3 is 18.9 Å². The van der Waals surface area contributed by atoms with Crippen molar-refractivity contribution < 1.29 is 23.7 Å². The van der Waals surface area contributed by atoms with Crippen molar-refractivity contribution in [2.75, 3.05) is 26.4 Å². The van der Waals surface area contributed by atoms with Crippen LogP contribution in [0.25, 0.3) is 44.5 Å². The average molecular weight is 705 g/mol. The van der Waals surface area contributed by atoms with Gasteiger partial charge in [0, 0.05) is 39.0 Å². The van der Waals surface area contributed by atoms with Gasteiger partial charge in [0.05, 0.1) is 26.4 Å². The molecule has 0 unspecified atom stereocenters. The molecule has 2 saturated heterocycles. The van der Waals surface area contributed by atoms with E-state index in [1.807, 2.05) is 78.9 Å². The molecule has 5 heteroatoms. The van der Waals surface area contributed by atoms with Crippen molar-refractivity contribution in [1.29, 1.82) is 0 Å². The predicted octanol–water partition coefficient (Wildman–Crippen LogP) is 10.2. The third kappa shape index (κ3) is 6.43. The first kappa shape index (κ1) is 33.7. The summed E-state index contributed by atoms with van der Waals surface area (Å²) >= 11 is 0. The molecule has 2 aliphatic heterocycles. The first-order valence-electron chi connectivity index (χ1n) is 18.2. The molecule has 3 aliphatic rings. The largest absolute Gasteiger partial charge is 0.346 e. The highest BCUT2D eigenvalue weighted by Crippen LogP contribution is 2.50. The molecule has 2 fully saturated rings. The van der Waals surface area contributed by atoms with Crippen LogP contribution in [0, 0.1) is 12.3 Å². The van der Waals surface area contributed by atoms with Crippen LogP contribution in [0.4, 0.5) is 0 Å². The molecule has 0 amide bonds. The van der Waals surface area contributed by atoms with E-state index in [1.165, 1.54) is 0 Å². The first-order valence-corrected chi connectivity index (χ1v) is 18.2. The molecule has 0 atom stereocenters. The van der Waals surface area contributed by atoms with Gasteiger partial charge in [-0.15, -0.1) is 6.42 Å². The third-order valence-corrected chi connectivity index (χ3v) is 10.2. The molecule has 0 bridgehead atoms. The van der Waals surface area contributed by atoms with Crippen LogP contribution in [-0.2, 0) is 23.7 Å². The fraction of sp³-hybridized carbons (Fsp3) is 0.122. The number of hydrogen-bond donors (Lipinski definition) is 0. The Bertz CT molecular complexity index is 2420. The Balaban J connectivity index is 1.12. The average Bonchev–Trinajstić information content (AvgIpc) is 4.04. The number of rotatable bonds is 8. The van der Waals surface area contributed by atoms with Crippen LogP contribution in [0.2, 0.25) is 0 Å². The maximum absolute atomic E-state index is 15.1. The van der Waals surface area contributed by atoms with Crippen LogP contribution in [0.15, 0.2) is 152 Å². The topological polar surface area (TPSA) is 54.0 Å². The number of carbonyl (C=O) groups is 1. The Morgan fingerprint density at radius 2 is 0.778 bits per heavy atom. The molecule has 6 aromatic carbocycles. The van der Waals surface area contributed by atoms with E-state index in [1.54, 1.807) is 0 Å². The Labute approximate surface area is 315 Å². The lowest BCUT2D eigenvalue weighted by Gasteiger charge is -2.14. The molecular weight excluding hydrogens is 669 g/mol. The molecule has 6 aromatic rings. The lowest BCUT2D eigenvalue weighted by molar-refractivity contribution is -0.108. The molecule has 262 valence electrons. The number of ether oxygens (including phenoxy) is 4. The van der Waals surface area contributed by atoms with Crippen molar-refractivity contribution in [3.8, 4) is 34.6 Å². The lowest BCUT2D eigenvalue weighted by Crippen LogP contribution is -2.02. The summed E-state index contributed by atoms with van der Waals surface area (Å²) in [6, 6.07) is 51.1. The van der Waals surface area contributed by atoms with Gasteiger partial charge in [-0.1, -0.05) is 145 Å². The molecule has 5 nitrogen and oxygen atoms in total. The van der Waals surface area contributed by atoms with E-state index in [4.69, 9.17) is 25.4 Å². The van der Waals surface area contributed by atoms with Crippen LogP contribution in [0.1, 0.15) is 51.5 Å². The highest BCUT2D eigenvalue weighted by molar-refractivity contribution is 6.59. The Hall–Kier alpha value is -6.13. The van der Waals surface area contributed by atoms with Crippen LogP contribution in [0.3, 0.4) is 0 Å². The lowest BCUT2D eigenvalue weighted by atomic mass is 9.88. The second-order valence-electron chi connectivity index (χ2n) is 13.5. The smallest absolute Gasteiger partial charge is 0.195 e. The van der Waals surface area contributed by atoms with E-state index in [0.29, 0.717) is 37.6 Å². The summed E-state index contributed by atoms with van der Waals surface area (Å²) in [5.41, 5.74) is 13.6. The van der Waals surface area contributed by atoms with Gasteiger partial charge in [0.25, 0.3) is 0 Å². The van der Waals surface area contributed by atoms with Gasteiger partial charge in [0.15, 0.2) is 18.4 Å². The van der Waals surface area contributed by atoms with Crippen LogP contribution in [0.5, 0.6) is 0 Å². The molecule has 1 aliphatic carbocycles. The van der Waals surface area contributed by atoms with Crippen LogP contribution >= 0.6 is 0 Å². The number of allylic oxidation sites excluding steroid dienone is 4. The van der Waals surface area contributed by atoms with Crippen molar-refractivity contribution in [1.82, 2.24) is 0 Å². The monoisotopic (exact) mass is 704 g/mol. The van der Waals surface area contributed by atoms with E-state index in [0.717, 1.165) is 72.3 Å². The summed E-state index contributed by atoms with van der Waals surface area (Å²) < 4.78 is 22.7. The van der Waals surface area contributed by atoms with Gasteiger partial charge >= 0.3 is 0 Å². The Kier molecular flexibility index (Phi) is 9.18. The minimum absolute atomic E-state index is 0.0303.